The van der Waals surface area contributed by atoms with Gasteiger partial charge in [0.05, 0.1) is 6.42 Å². The number of anilines is 1. The average Bonchev–Trinajstić information content (AvgIpc) is 2.77. The number of para-hydroxylation sites is 1. The van der Waals surface area contributed by atoms with Crippen molar-refractivity contribution in [2.75, 3.05) is 5.73 Å². The molecule has 0 heterocycles. The molecule has 0 aliphatic heterocycles. The maximum absolute atomic E-state index is 11.7. The predicted octanol–water partition coefficient (Wildman–Crippen LogP) is 1.73. The van der Waals surface area contributed by atoms with Gasteiger partial charge in [0.2, 0.25) is 5.91 Å². The Morgan fingerprint density at radius 3 is 2.69 bits per heavy atom. The van der Waals surface area contributed by atoms with Crippen LogP contribution in [0.3, 0.4) is 0 Å². The Morgan fingerprint density at radius 1 is 1.50 bits per heavy atom. The van der Waals surface area contributed by atoms with Crippen LogP contribution in [0.4, 0.5) is 5.69 Å². The Bertz CT molecular complexity index is 412. The summed E-state index contributed by atoms with van der Waals surface area (Å²) in [4.78, 5) is 11.7. The van der Waals surface area contributed by atoms with E-state index in [1.165, 1.54) is 0 Å². The summed E-state index contributed by atoms with van der Waals surface area (Å²) in [6.07, 6.45) is 1.45. The molecule has 0 bridgehead atoms. The number of hydrogen-bond donors (Lipinski definition) is 2. The fourth-order valence-electron chi connectivity index (χ4n) is 1.83. The number of nitrogens with two attached hydrogens (primary N) is 1. The van der Waals surface area contributed by atoms with Crippen LogP contribution in [0, 0.1) is 5.41 Å². The molecule has 1 unspecified atom stereocenters. The average molecular weight is 218 g/mol. The summed E-state index contributed by atoms with van der Waals surface area (Å²) in [6, 6.07) is 7.84. The van der Waals surface area contributed by atoms with E-state index in [-0.39, 0.29) is 11.3 Å². The number of benzene rings is 1. The number of nitrogen functional groups attached to an aromatic ring is 1. The number of carbonyl (C=O) groups is 1. The van der Waals surface area contributed by atoms with E-state index in [1.54, 1.807) is 0 Å². The summed E-state index contributed by atoms with van der Waals surface area (Å²) in [6.45, 7) is 4.32. The normalized spacial score (nSPS) is 21.5. The molecular formula is C13H18N2O. The molecule has 3 N–H and O–H groups in total. The highest BCUT2D eigenvalue weighted by molar-refractivity contribution is 5.80. The van der Waals surface area contributed by atoms with Gasteiger partial charge >= 0.3 is 0 Å². The molecule has 16 heavy (non-hydrogen) atoms. The molecule has 3 nitrogen and oxygen atoms in total. The molecule has 1 aromatic rings. The Hall–Kier alpha value is -1.51. The molecule has 0 radical (unpaired) electrons. The Morgan fingerprint density at radius 2 is 2.12 bits per heavy atom. The Kier molecular flexibility index (Phi) is 2.62. The third-order valence-corrected chi connectivity index (χ3v) is 3.25. The van der Waals surface area contributed by atoms with Gasteiger partial charge in [0.1, 0.15) is 0 Å². The summed E-state index contributed by atoms with van der Waals surface area (Å²) in [5.74, 6) is 0.0634. The molecule has 0 saturated heterocycles. The molecule has 2 rings (SSSR count). The minimum Gasteiger partial charge on any atom is -0.398 e. The molecular weight excluding hydrogens is 200 g/mol. The van der Waals surface area contributed by atoms with Crippen molar-refractivity contribution in [3.05, 3.63) is 29.8 Å². The van der Waals surface area contributed by atoms with Gasteiger partial charge in [-0.3, -0.25) is 4.79 Å². The second-order valence-corrected chi connectivity index (χ2v) is 5.19. The van der Waals surface area contributed by atoms with E-state index in [1.807, 2.05) is 24.3 Å². The zero-order valence-electron chi connectivity index (χ0n) is 9.79. The van der Waals surface area contributed by atoms with Gasteiger partial charge in [0.15, 0.2) is 0 Å². The fraction of sp³-hybridized carbons (Fsp3) is 0.462. The van der Waals surface area contributed by atoms with Crippen LogP contribution < -0.4 is 11.1 Å². The molecule has 3 heteroatoms. The van der Waals surface area contributed by atoms with Crippen molar-refractivity contribution in [3.8, 4) is 0 Å². The van der Waals surface area contributed by atoms with Gasteiger partial charge in [-0.2, -0.15) is 0 Å². The van der Waals surface area contributed by atoms with Crippen LogP contribution in [0.2, 0.25) is 0 Å². The molecule has 0 spiro atoms. The van der Waals surface area contributed by atoms with E-state index in [0.717, 1.165) is 12.0 Å². The van der Waals surface area contributed by atoms with Crippen molar-refractivity contribution in [2.24, 2.45) is 5.41 Å². The lowest BCUT2D eigenvalue weighted by Gasteiger charge is -2.08. The second-order valence-electron chi connectivity index (χ2n) is 5.19. The number of hydrogen-bond acceptors (Lipinski definition) is 2. The largest absolute Gasteiger partial charge is 0.398 e. The summed E-state index contributed by atoms with van der Waals surface area (Å²) in [5, 5.41) is 3.03. The van der Waals surface area contributed by atoms with Gasteiger partial charge in [-0.25, -0.2) is 0 Å². The SMILES string of the molecule is CC1(C)CC1NC(=O)Cc1ccccc1N. The second kappa shape index (κ2) is 3.81. The quantitative estimate of drug-likeness (QED) is 0.759. The highest BCUT2D eigenvalue weighted by Crippen LogP contribution is 2.44. The van der Waals surface area contributed by atoms with Crippen LogP contribution in [0.1, 0.15) is 25.8 Å². The number of amides is 1. The van der Waals surface area contributed by atoms with E-state index in [9.17, 15) is 4.79 Å². The van der Waals surface area contributed by atoms with Gasteiger partial charge in [0, 0.05) is 11.7 Å². The lowest BCUT2D eigenvalue weighted by molar-refractivity contribution is -0.120. The highest BCUT2D eigenvalue weighted by Gasteiger charge is 2.46. The predicted molar refractivity (Wildman–Crippen MR) is 64.9 cm³/mol. The summed E-state index contributed by atoms with van der Waals surface area (Å²) < 4.78 is 0. The Labute approximate surface area is 96.0 Å². The molecule has 86 valence electrons. The topological polar surface area (TPSA) is 55.1 Å². The molecule has 1 aliphatic carbocycles. The molecule has 1 saturated carbocycles. The zero-order valence-corrected chi connectivity index (χ0v) is 9.79. The zero-order chi connectivity index (χ0) is 11.8. The third kappa shape index (κ3) is 2.35. The number of rotatable bonds is 3. The lowest BCUT2D eigenvalue weighted by Crippen LogP contribution is -2.29. The summed E-state index contributed by atoms with van der Waals surface area (Å²) >= 11 is 0. The van der Waals surface area contributed by atoms with Gasteiger partial charge < -0.3 is 11.1 Å². The number of nitrogens with one attached hydrogen (secondary N) is 1. The maximum Gasteiger partial charge on any atom is 0.224 e. The molecule has 1 aromatic carbocycles. The van der Waals surface area contributed by atoms with Crippen molar-refractivity contribution in [3.63, 3.8) is 0 Å². The Balaban J connectivity index is 1.91. The molecule has 1 amide bonds. The standard InChI is InChI=1S/C13H18N2O/c1-13(2)8-11(13)15-12(16)7-9-5-3-4-6-10(9)14/h3-6,11H,7-8,14H2,1-2H3,(H,15,16). The first kappa shape index (κ1) is 11.0. The minimum absolute atomic E-state index is 0.0634. The molecule has 0 aromatic heterocycles. The van der Waals surface area contributed by atoms with E-state index in [0.29, 0.717) is 18.2 Å². The van der Waals surface area contributed by atoms with Crippen molar-refractivity contribution in [2.45, 2.75) is 32.7 Å². The van der Waals surface area contributed by atoms with Crippen molar-refractivity contribution in [1.82, 2.24) is 5.32 Å². The van der Waals surface area contributed by atoms with Crippen LogP contribution >= 0.6 is 0 Å². The van der Waals surface area contributed by atoms with Crippen LogP contribution in [0.5, 0.6) is 0 Å². The number of carbonyl (C=O) groups excluding carboxylic acids is 1. The van der Waals surface area contributed by atoms with Crippen LogP contribution in [-0.4, -0.2) is 11.9 Å². The third-order valence-electron chi connectivity index (χ3n) is 3.25. The smallest absolute Gasteiger partial charge is 0.224 e. The first-order valence-electron chi connectivity index (χ1n) is 5.62. The van der Waals surface area contributed by atoms with Gasteiger partial charge in [0.25, 0.3) is 0 Å². The fourth-order valence-corrected chi connectivity index (χ4v) is 1.83. The van der Waals surface area contributed by atoms with Crippen molar-refractivity contribution < 1.29 is 4.79 Å². The highest BCUT2D eigenvalue weighted by atomic mass is 16.1. The molecule has 1 fully saturated rings. The monoisotopic (exact) mass is 218 g/mol. The molecule has 1 atom stereocenters. The van der Waals surface area contributed by atoms with Crippen LogP contribution in [0.25, 0.3) is 0 Å². The van der Waals surface area contributed by atoms with E-state index < -0.39 is 0 Å². The van der Waals surface area contributed by atoms with Crippen molar-refractivity contribution >= 4 is 11.6 Å². The summed E-state index contributed by atoms with van der Waals surface area (Å²) in [5.41, 5.74) is 7.65. The maximum atomic E-state index is 11.7. The minimum atomic E-state index is 0.0634. The van der Waals surface area contributed by atoms with Gasteiger partial charge in [-0.15, -0.1) is 0 Å². The van der Waals surface area contributed by atoms with E-state index in [2.05, 4.69) is 19.2 Å². The van der Waals surface area contributed by atoms with E-state index >= 15 is 0 Å². The first-order valence-corrected chi connectivity index (χ1v) is 5.62. The lowest BCUT2D eigenvalue weighted by atomic mass is 10.1. The molecule has 1 aliphatic rings. The van der Waals surface area contributed by atoms with Gasteiger partial charge in [-0.1, -0.05) is 32.0 Å². The van der Waals surface area contributed by atoms with Crippen LogP contribution in [-0.2, 0) is 11.2 Å². The van der Waals surface area contributed by atoms with Crippen LogP contribution in [0.15, 0.2) is 24.3 Å². The van der Waals surface area contributed by atoms with Gasteiger partial charge in [-0.05, 0) is 23.5 Å². The van der Waals surface area contributed by atoms with Crippen molar-refractivity contribution in [1.29, 1.82) is 0 Å². The van der Waals surface area contributed by atoms with E-state index in [4.69, 9.17) is 5.73 Å². The summed E-state index contributed by atoms with van der Waals surface area (Å²) in [7, 11) is 0. The first-order chi connectivity index (χ1) is 7.49.